The van der Waals surface area contributed by atoms with Crippen LogP contribution in [0.4, 0.5) is 0 Å². The van der Waals surface area contributed by atoms with Crippen molar-refractivity contribution in [3.8, 4) is 0 Å². The van der Waals surface area contributed by atoms with Gasteiger partial charge in [0, 0.05) is 0 Å². The van der Waals surface area contributed by atoms with Crippen molar-refractivity contribution < 1.29 is 61.6 Å². The molecule has 1 atom stereocenters. The molecule has 170 valence electrons. The van der Waals surface area contributed by atoms with Crippen molar-refractivity contribution in [3.63, 3.8) is 0 Å². The first-order valence-corrected chi connectivity index (χ1v) is 12.2. The molecule has 0 aliphatic heterocycles. The minimum atomic E-state index is -5.01. The summed E-state index contributed by atoms with van der Waals surface area (Å²) in [7, 11) is -5.01. The number of hydrogen-bond acceptors (Lipinski definition) is 7. The zero-order chi connectivity index (χ0) is 22.0. The Kier molecular flexibility index (Phi) is 21.7. The third kappa shape index (κ3) is 18.4. The number of carbonyl (C=O) groups is 2. The molecule has 0 amide bonds. The molecular weight excluding hydrogens is 419 g/mol. The van der Waals surface area contributed by atoms with E-state index in [9.17, 15) is 22.6 Å². The topological polar surface area (TPSA) is 110 Å². The van der Waals surface area contributed by atoms with E-state index in [1.54, 1.807) is 6.92 Å². The molecule has 0 spiro atoms. The molecule has 9 heteroatoms. The van der Waals surface area contributed by atoms with Crippen molar-refractivity contribution in [2.24, 2.45) is 0 Å². The van der Waals surface area contributed by atoms with Crippen molar-refractivity contribution in [1.82, 2.24) is 0 Å². The monoisotopic (exact) mass is 456 g/mol. The number of ether oxygens (including phenoxy) is 2. The molecule has 0 saturated carbocycles. The van der Waals surface area contributed by atoms with Gasteiger partial charge in [0.25, 0.3) is 0 Å². The fourth-order valence-corrected chi connectivity index (χ4v) is 3.49. The van der Waals surface area contributed by atoms with Crippen LogP contribution in [0.3, 0.4) is 0 Å². The second-order valence-electron chi connectivity index (χ2n) is 7.20. The van der Waals surface area contributed by atoms with Gasteiger partial charge in [0.05, 0.1) is 19.3 Å². The van der Waals surface area contributed by atoms with Gasteiger partial charge in [-0.2, -0.15) is 0 Å². The molecule has 0 aliphatic carbocycles. The molecule has 0 fully saturated rings. The van der Waals surface area contributed by atoms with Gasteiger partial charge in [0.15, 0.2) is 5.25 Å². The molecular formula is C21H37NaO7S. The van der Waals surface area contributed by atoms with Gasteiger partial charge in [-0.15, -0.1) is 0 Å². The third-order valence-electron chi connectivity index (χ3n) is 4.54. The van der Waals surface area contributed by atoms with Crippen LogP contribution in [0.25, 0.3) is 0 Å². The third-order valence-corrected chi connectivity index (χ3v) is 5.60. The van der Waals surface area contributed by atoms with E-state index in [1.807, 2.05) is 0 Å². The largest absolute Gasteiger partial charge is 1.00 e. The summed E-state index contributed by atoms with van der Waals surface area (Å²) in [5.74, 6) is -2.17. The van der Waals surface area contributed by atoms with Crippen molar-refractivity contribution >= 4 is 22.1 Å². The first-order chi connectivity index (χ1) is 13.8. The van der Waals surface area contributed by atoms with Crippen molar-refractivity contribution in [2.75, 3.05) is 6.61 Å². The fourth-order valence-electron chi connectivity index (χ4n) is 2.85. The molecule has 30 heavy (non-hydrogen) atoms. The molecule has 0 N–H and O–H groups in total. The van der Waals surface area contributed by atoms with E-state index in [0.29, 0.717) is 6.42 Å². The Hall–Kier alpha value is -0.410. The Labute approximate surface area is 204 Å². The van der Waals surface area contributed by atoms with Crippen LogP contribution in [0.15, 0.2) is 12.3 Å². The number of hydrogen-bond donors (Lipinski definition) is 0. The van der Waals surface area contributed by atoms with Crippen LogP contribution in [0.2, 0.25) is 0 Å². The van der Waals surface area contributed by atoms with E-state index in [1.165, 1.54) is 57.4 Å². The van der Waals surface area contributed by atoms with Gasteiger partial charge < -0.3 is 14.0 Å². The summed E-state index contributed by atoms with van der Waals surface area (Å²) in [4.78, 5) is 23.3. The van der Waals surface area contributed by atoms with Crippen LogP contribution in [0, 0.1) is 0 Å². The number of carbonyl (C=O) groups excluding carboxylic acids is 2. The van der Waals surface area contributed by atoms with Crippen LogP contribution in [-0.4, -0.2) is 36.8 Å². The Morgan fingerprint density at radius 3 is 1.80 bits per heavy atom. The van der Waals surface area contributed by atoms with Gasteiger partial charge in [-0.05, 0) is 13.3 Å². The van der Waals surface area contributed by atoms with Crippen LogP contribution in [0.5, 0.6) is 0 Å². The summed E-state index contributed by atoms with van der Waals surface area (Å²) in [6.45, 7) is 3.92. The summed E-state index contributed by atoms with van der Waals surface area (Å²) in [6.07, 6.45) is 15.6. The first kappa shape index (κ1) is 31.8. The Morgan fingerprint density at radius 1 is 0.900 bits per heavy atom. The van der Waals surface area contributed by atoms with Gasteiger partial charge in [-0.3, -0.25) is 9.59 Å². The van der Waals surface area contributed by atoms with Crippen molar-refractivity contribution in [1.29, 1.82) is 0 Å². The molecule has 0 bridgehead atoms. The molecule has 7 nitrogen and oxygen atoms in total. The Morgan fingerprint density at radius 2 is 1.37 bits per heavy atom. The molecule has 1 unspecified atom stereocenters. The Bertz CT molecular complexity index is 576. The van der Waals surface area contributed by atoms with E-state index in [0.717, 1.165) is 25.5 Å². The molecule has 0 aromatic heterocycles. The zero-order valence-corrected chi connectivity index (χ0v) is 21.7. The van der Waals surface area contributed by atoms with E-state index < -0.39 is 33.7 Å². The SMILES string of the molecule is C/C=C/OC(=O)C(CC(=O)OCCCCCCCCCCCCCC)S(=O)(=O)[O-].[Na+]. The normalized spacial score (nSPS) is 12.4. The average Bonchev–Trinajstić information content (AvgIpc) is 2.67. The van der Waals surface area contributed by atoms with Gasteiger partial charge in [-0.25, -0.2) is 8.42 Å². The van der Waals surface area contributed by atoms with E-state index in [-0.39, 0.29) is 36.2 Å². The van der Waals surface area contributed by atoms with Crippen LogP contribution in [0.1, 0.15) is 97.3 Å². The maximum atomic E-state index is 11.7. The van der Waals surface area contributed by atoms with Crippen molar-refractivity contribution in [3.05, 3.63) is 12.3 Å². The standard InChI is InChI=1S/C21H38O7S.Na/c1-3-5-6-7-8-9-10-11-12-13-14-15-17-27-20(22)18-19(29(24,25)26)21(23)28-16-4-2;/h4,16,19H,3,5-15,17-18H2,1-2H3,(H,24,25,26);/q;+1/p-1/b16-4+;. The molecule has 0 aliphatic rings. The number of unbranched alkanes of at least 4 members (excludes halogenated alkanes) is 11. The maximum absolute atomic E-state index is 11.7. The minimum absolute atomic E-state index is 0. The van der Waals surface area contributed by atoms with Gasteiger partial charge in [-0.1, -0.05) is 83.6 Å². The average molecular weight is 457 g/mol. The van der Waals surface area contributed by atoms with E-state index in [4.69, 9.17) is 4.74 Å². The number of allylic oxidation sites excluding steroid dienone is 1. The summed E-state index contributed by atoms with van der Waals surface area (Å²) < 4.78 is 43.0. The second-order valence-corrected chi connectivity index (χ2v) is 8.76. The molecule has 0 rings (SSSR count). The zero-order valence-electron chi connectivity index (χ0n) is 18.9. The number of rotatable bonds is 18. The smallest absolute Gasteiger partial charge is 0.747 e. The maximum Gasteiger partial charge on any atom is 1.00 e. The van der Waals surface area contributed by atoms with Crippen LogP contribution in [-0.2, 0) is 29.2 Å². The predicted octanol–water partition coefficient (Wildman–Crippen LogP) is 1.62. The predicted molar refractivity (Wildman–Crippen MR) is 111 cm³/mol. The molecule has 0 aromatic rings. The molecule has 0 radical (unpaired) electrons. The van der Waals surface area contributed by atoms with Gasteiger partial charge >= 0.3 is 41.5 Å². The fraction of sp³-hybridized carbons (Fsp3) is 0.810. The quantitative estimate of drug-likeness (QED) is 0.101. The van der Waals surface area contributed by atoms with E-state index >= 15 is 0 Å². The van der Waals surface area contributed by atoms with E-state index in [2.05, 4.69) is 11.7 Å². The summed E-state index contributed by atoms with van der Waals surface area (Å²) >= 11 is 0. The molecule has 0 aromatic carbocycles. The van der Waals surface area contributed by atoms with Gasteiger partial charge in [0.1, 0.15) is 10.1 Å². The molecule has 0 saturated heterocycles. The van der Waals surface area contributed by atoms with Crippen LogP contribution >= 0.6 is 0 Å². The molecule has 0 heterocycles. The summed E-state index contributed by atoms with van der Waals surface area (Å²) in [5.41, 5.74) is 0. The summed E-state index contributed by atoms with van der Waals surface area (Å²) in [6, 6.07) is 0. The first-order valence-electron chi connectivity index (χ1n) is 10.7. The Balaban J connectivity index is 0. The van der Waals surface area contributed by atoms with Crippen molar-refractivity contribution in [2.45, 2.75) is 103 Å². The van der Waals surface area contributed by atoms with Crippen LogP contribution < -0.4 is 29.6 Å². The van der Waals surface area contributed by atoms with Gasteiger partial charge in [0.2, 0.25) is 0 Å². The second kappa shape index (κ2) is 20.5. The number of esters is 2. The minimum Gasteiger partial charge on any atom is -0.747 e. The summed E-state index contributed by atoms with van der Waals surface area (Å²) in [5, 5.41) is -2.09.